The van der Waals surface area contributed by atoms with E-state index < -0.39 is 0 Å². The van der Waals surface area contributed by atoms with Crippen LogP contribution in [0.2, 0.25) is 0 Å². The molecular weight excluding hydrogens is 346 g/mol. The lowest BCUT2D eigenvalue weighted by atomic mass is 10.1. The number of anilines is 2. The third kappa shape index (κ3) is 4.49. The van der Waals surface area contributed by atoms with Gasteiger partial charge in [0.15, 0.2) is 0 Å². The van der Waals surface area contributed by atoms with Crippen molar-refractivity contribution in [1.82, 2.24) is 14.9 Å². The van der Waals surface area contributed by atoms with Crippen molar-refractivity contribution in [3.05, 3.63) is 71.8 Å². The van der Waals surface area contributed by atoms with Gasteiger partial charge in [0.1, 0.15) is 5.82 Å². The fraction of sp³-hybridized carbons (Fsp3) is 0.304. The summed E-state index contributed by atoms with van der Waals surface area (Å²) in [5.74, 6) is 1.67. The minimum atomic E-state index is 0.678. The maximum atomic E-state index is 4.83. The zero-order valence-corrected chi connectivity index (χ0v) is 16.6. The van der Waals surface area contributed by atoms with Gasteiger partial charge in [-0.1, -0.05) is 60.2 Å². The zero-order valence-electron chi connectivity index (χ0n) is 16.6. The molecule has 2 heterocycles. The second-order valence-corrected chi connectivity index (χ2v) is 7.43. The summed E-state index contributed by atoms with van der Waals surface area (Å²) < 4.78 is 0. The maximum Gasteiger partial charge on any atom is 0.225 e. The minimum absolute atomic E-state index is 0.678. The molecule has 144 valence electrons. The van der Waals surface area contributed by atoms with E-state index in [2.05, 4.69) is 71.6 Å². The Kier molecular flexibility index (Phi) is 5.53. The summed E-state index contributed by atoms with van der Waals surface area (Å²) in [4.78, 5) is 14.3. The summed E-state index contributed by atoms with van der Waals surface area (Å²) in [6.45, 7) is 6.90. The lowest BCUT2D eigenvalue weighted by Crippen LogP contribution is -2.44. The largest absolute Gasteiger partial charge is 0.354 e. The molecule has 0 unspecified atom stereocenters. The normalized spacial score (nSPS) is 14.9. The number of hydrogen-bond donors (Lipinski definition) is 1. The van der Waals surface area contributed by atoms with E-state index in [0.717, 1.165) is 43.3 Å². The van der Waals surface area contributed by atoms with Crippen molar-refractivity contribution in [2.45, 2.75) is 13.5 Å². The number of aromatic nitrogens is 2. The van der Waals surface area contributed by atoms with E-state index in [-0.39, 0.29) is 0 Å². The van der Waals surface area contributed by atoms with Crippen molar-refractivity contribution >= 4 is 11.8 Å². The standard InChI is InChI=1S/C23H27N5/c1-18-7-6-8-19(15-18)17-24-23-25-21(20-9-4-3-5-10-20)16-22(26-23)28-13-11-27(2)12-14-28/h3-10,15-16H,11-14,17H2,1-2H3,(H,24,25,26). The highest BCUT2D eigenvalue weighted by atomic mass is 15.3. The van der Waals surface area contributed by atoms with Gasteiger partial charge in [0.2, 0.25) is 5.95 Å². The van der Waals surface area contributed by atoms with Crippen LogP contribution in [0, 0.1) is 6.92 Å². The number of nitrogens with zero attached hydrogens (tertiary/aromatic N) is 4. The molecule has 4 rings (SSSR count). The Morgan fingerprint density at radius 1 is 0.893 bits per heavy atom. The van der Waals surface area contributed by atoms with E-state index in [4.69, 9.17) is 9.97 Å². The Balaban J connectivity index is 1.61. The molecule has 5 heteroatoms. The molecule has 1 fully saturated rings. The number of rotatable bonds is 5. The predicted octanol–water partition coefficient (Wildman–Crippen LogP) is 3.82. The third-order valence-electron chi connectivity index (χ3n) is 5.14. The van der Waals surface area contributed by atoms with Crippen LogP contribution >= 0.6 is 0 Å². The van der Waals surface area contributed by atoms with E-state index in [1.54, 1.807) is 0 Å². The fourth-order valence-electron chi connectivity index (χ4n) is 3.47. The van der Waals surface area contributed by atoms with Crippen LogP contribution in [0.25, 0.3) is 11.3 Å². The van der Waals surface area contributed by atoms with Crippen molar-refractivity contribution in [2.75, 3.05) is 43.4 Å². The van der Waals surface area contributed by atoms with Crippen molar-refractivity contribution in [3.8, 4) is 11.3 Å². The van der Waals surface area contributed by atoms with E-state index in [1.165, 1.54) is 11.1 Å². The molecule has 5 nitrogen and oxygen atoms in total. The van der Waals surface area contributed by atoms with Crippen LogP contribution < -0.4 is 10.2 Å². The van der Waals surface area contributed by atoms with Crippen LogP contribution in [0.3, 0.4) is 0 Å². The first-order valence-electron chi connectivity index (χ1n) is 9.85. The molecule has 28 heavy (non-hydrogen) atoms. The molecule has 0 saturated carbocycles. The predicted molar refractivity (Wildman–Crippen MR) is 116 cm³/mol. The lowest BCUT2D eigenvalue weighted by Gasteiger charge is -2.33. The Labute approximate surface area is 167 Å². The van der Waals surface area contributed by atoms with Crippen LogP contribution in [-0.4, -0.2) is 48.1 Å². The van der Waals surface area contributed by atoms with Gasteiger partial charge < -0.3 is 15.1 Å². The highest BCUT2D eigenvalue weighted by Crippen LogP contribution is 2.24. The van der Waals surface area contributed by atoms with Crippen LogP contribution in [0.5, 0.6) is 0 Å². The average Bonchev–Trinajstić information content (AvgIpc) is 2.73. The van der Waals surface area contributed by atoms with Gasteiger partial charge in [-0.05, 0) is 19.5 Å². The summed E-state index contributed by atoms with van der Waals surface area (Å²) in [5, 5.41) is 3.43. The molecular formula is C23H27N5. The molecule has 0 amide bonds. The van der Waals surface area contributed by atoms with Crippen molar-refractivity contribution < 1.29 is 0 Å². The molecule has 1 aromatic heterocycles. The first-order chi connectivity index (χ1) is 13.7. The van der Waals surface area contributed by atoms with Gasteiger partial charge in [-0.3, -0.25) is 0 Å². The Hall–Kier alpha value is -2.92. The zero-order chi connectivity index (χ0) is 19.3. The van der Waals surface area contributed by atoms with Crippen molar-refractivity contribution in [3.63, 3.8) is 0 Å². The average molecular weight is 374 g/mol. The summed E-state index contributed by atoms with van der Waals surface area (Å²) in [6.07, 6.45) is 0. The molecule has 1 saturated heterocycles. The molecule has 1 aliphatic heterocycles. The molecule has 1 aliphatic rings. The summed E-state index contributed by atoms with van der Waals surface area (Å²) in [7, 11) is 2.17. The smallest absolute Gasteiger partial charge is 0.225 e. The molecule has 3 aromatic rings. The van der Waals surface area contributed by atoms with Crippen molar-refractivity contribution in [1.29, 1.82) is 0 Å². The van der Waals surface area contributed by atoms with Gasteiger partial charge >= 0.3 is 0 Å². The highest BCUT2D eigenvalue weighted by Gasteiger charge is 2.17. The quantitative estimate of drug-likeness (QED) is 0.737. The topological polar surface area (TPSA) is 44.3 Å². The second-order valence-electron chi connectivity index (χ2n) is 7.43. The maximum absolute atomic E-state index is 4.83. The molecule has 2 aromatic carbocycles. The molecule has 0 bridgehead atoms. The Morgan fingerprint density at radius 2 is 1.68 bits per heavy atom. The first-order valence-corrected chi connectivity index (χ1v) is 9.85. The molecule has 0 atom stereocenters. The van der Waals surface area contributed by atoms with Crippen LogP contribution in [0.15, 0.2) is 60.7 Å². The monoisotopic (exact) mass is 373 g/mol. The number of likely N-dealkylation sites (N-methyl/N-ethyl adjacent to an activating group) is 1. The summed E-state index contributed by atoms with van der Waals surface area (Å²) in [6, 6.07) is 20.9. The number of hydrogen-bond acceptors (Lipinski definition) is 5. The summed E-state index contributed by atoms with van der Waals surface area (Å²) in [5.41, 5.74) is 4.56. The van der Waals surface area contributed by atoms with E-state index in [9.17, 15) is 0 Å². The molecule has 1 N–H and O–H groups in total. The number of piperazine rings is 1. The molecule has 0 aliphatic carbocycles. The van der Waals surface area contributed by atoms with Gasteiger partial charge in [0.25, 0.3) is 0 Å². The van der Waals surface area contributed by atoms with E-state index in [0.29, 0.717) is 12.5 Å². The van der Waals surface area contributed by atoms with Crippen molar-refractivity contribution in [2.24, 2.45) is 0 Å². The van der Waals surface area contributed by atoms with Gasteiger partial charge in [-0.15, -0.1) is 0 Å². The van der Waals surface area contributed by atoms with Crippen LogP contribution in [0.1, 0.15) is 11.1 Å². The van der Waals surface area contributed by atoms with E-state index >= 15 is 0 Å². The Bertz CT molecular complexity index is 917. The van der Waals surface area contributed by atoms with Gasteiger partial charge in [0.05, 0.1) is 5.69 Å². The highest BCUT2D eigenvalue weighted by molar-refractivity contribution is 5.65. The number of benzene rings is 2. The number of nitrogens with one attached hydrogen (secondary N) is 1. The SMILES string of the molecule is Cc1cccc(CNc2nc(-c3ccccc3)cc(N3CCN(C)CC3)n2)c1. The first kappa shape index (κ1) is 18.4. The van der Waals surface area contributed by atoms with Crippen LogP contribution in [0.4, 0.5) is 11.8 Å². The Morgan fingerprint density at radius 3 is 2.43 bits per heavy atom. The van der Waals surface area contributed by atoms with E-state index in [1.807, 2.05) is 18.2 Å². The fourth-order valence-corrected chi connectivity index (χ4v) is 3.47. The lowest BCUT2D eigenvalue weighted by molar-refractivity contribution is 0.312. The van der Waals surface area contributed by atoms with Gasteiger partial charge in [0, 0.05) is 44.4 Å². The second kappa shape index (κ2) is 8.40. The van der Waals surface area contributed by atoms with Gasteiger partial charge in [-0.2, -0.15) is 4.98 Å². The molecule has 0 spiro atoms. The number of aryl methyl sites for hydroxylation is 1. The third-order valence-corrected chi connectivity index (χ3v) is 5.14. The summed E-state index contributed by atoms with van der Waals surface area (Å²) >= 11 is 0. The van der Waals surface area contributed by atoms with Gasteiger partial charge in [-0.25, -0.2) is 4.98 Å². The minimum Gasteiger partial charge on any atom is -0.354 e. The molecule has 0 radical (unpaired) electrons. The van der Waals surface area contributed by atoms with Crippen LogP contribution in [-0.2, 0) is 6.54 Å².